The molecule has 9 heteroatoms. The van der Waals surface area contributed by atoms with E-state index in [4.69, 9.17) is 14.0 Å². The average molecular weight is 447 g/mol. The second kappa shape index (κ2) is 7.77. The first kappa shape index (κ1) is 20.7. The SMILES string of the molecule is COc1ccccc1-c1cc(COC(=O)C23CCC(=O)N2c2ccccc2C(=O)N3C)on1. The van der Waals surface area contributed by atoms with Crippen LogP contribution in [0.4, 0.5) is 5.69 Å². The van der Waals surface area contributed by atoms with E-state index in [0.29, 0.717) is 28.5 Å². The van der Waals surface area contributed by atoms with Crippen LogP contribution >= 0.6 is 0 Å². The van der Waals surface area contributed by atoms with Gasteiger partial charge in [0.25, 0.3) is 5.91 Å². The summed E-state index contributed by atoms with van der Waals surface area (Å²) in [6.45, 7) is -0.200. The van der Waals surface area contributed by atoms with Crippen LogP contribution in [0.3, 0.4) is 0 Å². The van der Waals surface area contributed by atoms with Crippen molar-refractivity contribution < 1.29 is 28.4 Å². The number of benzene rings is 2. The highest BCUT2D eigenvalue weighted by atomic mass is 16.6. The number of methoxy groups -OCH3 is 1. The molecule has 2 aliphatic rings. The van der Waals surface area contributed by atoms with E-state index in [1.807, 2.05) is 24.3 Å². The minimum Gasteiger partial charge on any atom is -0.496 e. The average Bonchev–Trinajstić information content (AvgIpc) is 3.46. The topological polar surface area (TPSA) is 102 Å². The number of amides is 2. The van der Waals surface area contributed by atoms with Gasteiger partial charge in [0.1, 0.15) is 11.4 Å². The Kier molecular flexibility index (Phi) is 4.88. The molecule has 0 aliphatic carbocycles. The molecule has 168 valence electrons. The molecule has 1 aromatic heterocycles. The number of likely N-dealkylation sites (N-methyl/N-ethyl adjacent to an activating group) is 1. The Labute approximate surface area is 189 Å². The maximum absolute atomic E-state index is 13.4. The Morgan fingerprint density at radius 1 is 1.12 bits per heavy atom. The summed E-state index contributed by atoms with van der Waals surface area (Å²) >= 11 is 0. The van der Waals surface area contributed by atoms with Crippen LogP contribution in [0.25, 0.3) is 11.3 Å². The van der Waals surface area contributed by atoms with Gasteiger partial charge in [-0.05, 0) is 24.3 Å². The third-order valence-corrected chi connectivity index (χ3v) is 6.16. The number of fused-ring (bicyclic) bond motifs is 3. The van der Waals surface area contributed by atoms with Crippen molar-refractivity contribution in [3.63, 3.8) is 0 Å². The van der Waals surface area contributed by atoms with Gasteiger partial charge >= 0.3 is 5.97 Å². The number of aromatic nitrogens is 1. The molecule has 9 nitrogen and oxygen atoms in total. The van der Waals surface area contributed by atoms with Crippen molar-refractivity contribution in [3.05, 3.63) is 65.9 Å². The Morgan fingerprint density at radius 2 is 1.85 bits per heavy atom. The fourth-order valence-corrected chi connectivity index (χ4v) is 4.51. The van der Waals surface area contributed by atoms with E-state index in [-0.39, 0.29) is 31.3 Å². The lowest BCUT2D eigenvalue weighted by Gasteiger charge is -2.46. The summed E-state index contributed by atoms with van der Waals surface area (Å²) in [7, 11) is 3.08. The highest BCUT2D eigenvalue weighted by molar-refractivity contribution is 6.15. The predicted molar refractivity (Wildman–Crippen MR) is 116 cm³/mol. The standard InChI is InChI=1S/C24H21N3O6/c1-26-22(29)17-8-3-5-9-19(17)27-21(28)11-12-24(26,27)23(30)32-14-15-13-18(25-33-15)16-7-4-6-10-20(16)31-2/h3-10,13H,11-12,14H2,1-2H3. The summed E-state index contributed by atoms with van der Waals surface area (Å²) in [5.41, 5.74) is 0.525. The van der Waals surface area contributed by atoms with Crippen molar-refractivity contribution in [2.45, 2.75) is 25.1 Å². The van der Waals surface area contributed by atoms with Crippen molar-refractivity contribution in [3.8, 4) is 17.0 Å². The third-order valence-electron chi connectivity index (χ3n) is 6.16. The molecule has 5 rings (SSSR count). The minimum atomic E-state index is -1.53. The highest BCUT2D eigenvalue weighted by Gasteiger charge is 2.60. The molecule has 1 fully saturated rings. The zero-order valence-corrected chi connectivity index (χ0v) is 18.1. The van der Waals surface area contributed by atoms with E-state index in [0.717, 1.165) is 5.56 Å². The first-order valence-electron chi connectivity index (χ1n) is 10.4. The van der Waals surface area contributed by atoms with Crippen LogP contribution < -0.4 is 9.64 Å². The Balaban J connectivity index is 1.41. The smallest absolute Gasteiger partial charge is 0.354 e. The molecule has 2 aliphatic heterocycles. The highest BCUT2D eigenvalue weighted by Crippen LogP contribution is 2.44. The van der Waals surface area contributed by atoms with Crippen LogP contribution in [0.2, 0.25) is 0 Å². The number of hydrogen-bond acceptors (Lipinski definition) is 7. The number of carbonyl (C=O) groups is 3. The van der Waals surface area contributed by atoms with Crippen LogP contribution in [-0.2, 0) is 20.9 Å². The summed E-state index contributed by atoms with van der Waals surface area (Å²) in [4.78, 5) is 41.8. The van der Waals surface area contributed by atoms with Gasteiger partial charge in [0.15, 0.2) is 12.4 Å². The number of anilines is 1. The first-order chi connectivity index (χ1) is 16.0. The summed E-state index contributed by atoms with van der Waals surface area (Å²) in [5, 5.41) is 4.04. The molecular formula is C24H21N3O6. The maximum Gasteiger partial charge on any atom is 0.354 e. The molecule has 0 radical (unpaired) electrons. The fraction of sp³-hybridized carbons (Fsp3) is 0.250. The predicted octanol–water partition coefficient (Wildman–Crippen LogP) is 3.00. The number of esters is 1. The minimum absolute atomic E-state index is 0.126. The number of carbonyl (C=O) groups excluding carboxylic acids is 3. The second-order valence-corrected chi connectivity index (χ2v) is 7.88. The lowest BCUT2D eigenvalue weighted by molar-refractivity contribution is -0.158. The van der Waals surface area contributed by atoms with Gasteiger partial charge in [0.2, 0.25) is 11.6 Å². The molecule has 3 aromatic rings. The third kappa shape index (κ3) is 3.07. The molecule has 0 saturated carbocycles. The van der Waals surface area contributed by atoms with E-state index >= 15 is 0 Å². The maximum atomic E-state index is 13.4. The van der Waals surface area contributed by atoms with Gasteiger partial charge in [-0.3, -0.25) is 14.5 Å². The van der Waals surface area contributed by atoms with Crippen molar-refractivity contribution in [2.75, 3.05) is 19.1 Å². The van der Waals surface area contributed by atoms with Gasteiger partial charge < -0.3 is 18.9 Å². The molecule has 0 bridgehead atoms. The van der Waals surface area contributed by atoms with Crippen molar-refractivity contribution in [1.29, 1.82) is 0 Å². The molecule has 2 amide bonds. The molecule has 3 heterocycles. The zero-order chi connectivity index (χ0) is 23.2. The van der Waals surface area contributed by atoms with Crippen molar-refractivity contribution >= 4 is 23.5 Å². The molecule has 2 aromatic carbocycles. The Hall–Kier alpha value is -4.14. The lowest BCUT2D eigenvalue weighted by atomic mass is 9.97. The largest absolute Gasteiger partial charge is 0.496 e. The van der Waals surface area contributed by atoms with Crippen LogP contribution in [-0.4, -0.2) is 47.7 Å². The quantitative estimate of drug-likeness (QED) is 0.554. The van der Waals surface area contributed by atoms with E-state index < -0.39 is 11.6 Å². The number of nitrogens with zero attached hydrogens (tertiary/aromatic N) is 3. The van der Waals surface area contributed by atoms with Crippen LogP contribution in [0.15, 0.2) is 59.1 Å². The van der Waals surface area contributed by atoms with Crippen molar-refractivity contribution in [2.24, 2.45) is 0 Å². The summed E-state index contributed by atoms with van der Waals surface area (Å²) < 4.78 is 16.3. The second-order valence-electron chi connectivity index (χ2n) is 7.88. The van der Waals surface area contributed by atoms with Crippen LogP contribution in [0, 0.1) is 0 Å². The molecular weight excluding hydrogens is 426 g/mol. The van der Waals surface area contributed by atoms with Gasteiger partial charge in [0.05, 0.1) is 18.4 Å². The number of para-hydroxylation sites is 2. The van der Waals surface area contributed by atoms with Gasteiger partial charge in [-0.15, -0.1) is 0 Å². The molecule has 1 atom stereocenters. The van der Waals surface area contributed by atoms with Gasteiger partial charge in [-0.2, -0.15) is 0 Å². The van der Waals surface area contributed by atoms with E-state index in [1.165, 1.54) is 16.8 Å². The Morgan fingerprint density at radius 3 is 2.64 bits per heavy atom. The summed E-state index contributed by atoms with van der Waals surface area (Å²) in [6.07, 6.45) is 0.269. The van der Waals surface area contributed by atoms with E-state index in [1.54, 1.807) is 37.4 Å². The number of ether oxygens (including phenoxy) is 2. The summed E-state index contributed by atoms with van der Waals surface area (Å²) in [5.74, 6) is -0.325. The zero-order valence-electron chi connectivity index (χ0n) is 18.1. The van der Waals surface area contributed by atoms with E-state index in [9.17, 15) is 14.4 Å². The normalized spacial score (nSPS) is 19.3. The monoisotopic (exact) mass is 447 g/mol. The number of rotatable bonds is 5. The lowest BCUT2D eigenvalue weighted by Crippen LogP contribution is -2.67. The summed E-state index contributed by atoms with van der Waals surface area (Å²) in [6, 6.07) is 15.8. The van der Waals surface area contributed by atoms with Crippen LogP contribution in [0.5, 0.6) is 5.75 Å². The van der Waals surface area contributed by atoms with Gasteiger partial charge in [0, 0.05) is 31.5 Å². The molecule has 0 N–H and O–H groups in total. The fourth-order valence-electron chi connectivity index (χ4n) is 4.51. The molecule has 1 unspecified atom stereocenters. The molecule has 0 spiro atoms. The Bertz CT molecular complexity index is 1270. The number of hydrogen-bond donors (Lipinski definition) is 0. The van der Waals surface area contributed by atoms with Crippen molar-refractivity contribution in [1.82, 2.24) is 10.1 Å². The molecule has 33 heavy (non-hydrogen) atoms. The van der Waals surface area contributed by atoms with Gasteiger partial charge in [-0.1, -0.05) is 29.4 Å². The van der Waals surface area contributed by atoms with E-state index in [2.05, 4.69) is 5.16 Å². The molecule has 1 saturated heterocycles. The first-order valence-corrected chi connectivity index (χ1v) is 10.4. The van der Waals surface area contributed by atoms with Crippen LogP contribution in [0.1, 0.15) is 29.0 Å². The van der Waals surface area contributed by atoms with Gasteiger partial charge in [-0.25, -0.2) is 4.79 Å².